The zero-order valence-corrected chi connectivity index (χ0v) is 14.5. The summed E-state index contributed by atoms with van der Waals surface area (Å²) < 4.78 is 10.7. The summed E-state index contributed by atoms with van der Waals surface area (Å²) in [6.45, 7) is 0.242. The number of aromatic nitrogens is 2. The van der Waals surface area contributed by atoms with Gasteiger partial charge in [0.1, 0.15) is 17.9 Å². The minimum atomic E-state index is -0.546. The van der Waals surface area contributed by atoms with E-state index in [1.165, 1.54) is 11.3 Å². The van der Waals surface area contributed by atoms with Gasteiger partial charge in [-0.15, -0.1) is 10.2 Å². The van der Waals surface area contributed by atoms with Crippen LogP contribution >= 0.6 is 11.3 Å². The monoisotopic (exact) mass is 369 g/mol. The van der Waals surface area contributed by atoms with Crippen LogP contribution in [0.3, 0.4) is 0 Å². The van der Waals surface area contributed by atoms with Gasteiger partial charge in [0.2, 0.25) is 16.3 Å². The van der Waals surface area contributed by atoms with E-state index < -0.39 is 11.3 Å². The summed E-state index contributed by atoms with van der Waals surface area (Å²) in [5.74, 6) is -0.130. The highest BCUT2D eigenvalue weighted by molar-refractivity contribution is 7.15. The Balaban J connectivity index is 1.41. The van der Waals surface area contributed by atoms with E-state index in [-0.39, 0.29) is 18.1 Å². The number of anilines is 1. The van der Waals surface area contributed by atoms with Gasteiger partial charge < -0.3 is 9.15 Å². The average molecular weight is 369 g/mol. The fourth-order valence-corrected chi connectivity index (χ4v) is 3.21. The molecule has 0 radical (unpaired) electrons. The largest absolute Gasteiger partial charge is 0.482 e. The van der Waals surface area contributed by atoms with Gasteiger partial charge in [0, 0.05) is 12.0 Å². The molecular formula is C18H15N3O4S. The number of amides is 1. The first kappa shape index (κ1) is 16.5. The molecule has 1 aliphatic carbocycles. The van der Waals surface area contributed by atoms with Crippen molar-refractivity contribution in [3.63, 3.8) is 0 Å². The van der Waals surface area contributed by atoms with Crippen molar-refractivity contribution in [2.75, 3.05) is 5.32 Å². The summed E-state index contributed by atoms with van der Waals surface area (Å²) >= 11 is 1.34. The van der Waals surface area contributed by atoms with Crippen LogP contribution in [0.1, 0.15) is 39.9 Å². The van der Waals surface area contributed by atoms with Gasteiger partial charge in [0.05, 0.1) is 0 Å². The molecule has 0 unspecified atom stereocenters. The molecule has 7 nitrogen and oxygen atoms in total. The predicted molar refractivity (Wildman–Crippen MR) is 95.6 cm³/mol. The van der Waals surface area contributed by atoms with Crippen molar-refractivity contribution in [1.82, 2.24) is 10.2 Å². The van der Waals surface area contributed by atoms with Crippen LogP contribution in [0.15, 0.2) is 51.9 Å². The van der Waals surface area contributed by atoms with Gasteiger partial charge in [-0.2, -0.15) is 0 Å². The van der Waals surface area contributed by atoms with E-state index in [2.05, 4.69) is 15.5 Å². The number of carbonyl (C=O) groups is 1. The Bertz CT molecular complexity index is 979. The van der Waals surface area contributed by atoms with Crippen molar-refractivity contribution in [3.8, 4) is 5.75 Å². The highest BCUT2D eigenvalue weighted by Crippen LogP contribution is 2.42. The molecule has 1 amide bonds. The normalized spacial score (nSPS) is 13.4. The average Bonchev–Trinajstić information content (AvgIpc) is 3.41. The van der Waals surface area contributed by atoms with E-state index in [1.807, 2.05) is 30.3 Å². The van der Waals surface area contributed by atoms with Crippen molar-refractivity contribution in [2.45, 2.75) is 25.4 Å². The molecule has 0 spiro atoms. The fourth-order valence-electron chi connectivity index (χ4n) is 2.30. The third kappa shape index (κ3) is 3.80. The molecule has 1 N–H and O–H groups in total. The van der Waals surface area contributed by atoms with Crippen molar-refractivity contribution in [3.05, 3.63) is 69.2 Å². The first-order valence-corrected chi connectivity index (χ1v) is 8.95. The van der Waals surface area contributed by atoms with Gasteiger partial charge in [-0.3, -0.25) is 14.9 Å². The Labute approximate surface area is 152 Å². The lowest BCUT2D eigenvalue weighted by Gasteiger charge is -2.05. The maximum absolute atomic E-state index is 12.2. The SMILES string of the molecule is O=C(Nc1nnc(C2CC2)s1)c1cc(=O)c(OCc2ccccc2)co1. The molecule has 2 heterocycles. The van der Waals surface area contributed by atoms with Gasteiger partial charge in [0.15, 0.2) is 5.76 Å². The minimum absolute atomic E-state index is 0.0531. The molecule has 0 aliphatic heterocycles. The van der Waals surface area contributed by atoms with Crippen LogP contribution in [0.25, 0.3) is 0 Å². The van der Waals surface area contributed by atoms with Gasteiger partial charge >= 0.3 is 0 Å². The lowest BCUT2D eigenvalue weighted by molar-refractivity contribution is 0.0993. The Kier molecular flexibility index (Phi) is 4.49. The number of carbonyl (C=O) groups excluding carboxylic acids is 1. The zero-order chi connectivity index (χ0) is 17.9. The third-order valence-electron chi connectivity index (χ3n) is 3.85. The first-order valence-electron chi connectivity index (χ1n) is 8.13. The molecule has 4 rings (SSSR count). The van der Waals surface area contributed by atoms with Crippen LogP contribution in [0, 0.1) is 0 Å². The van der Waals surface area contributed by atoms with Crippen molar-refractivity contribution < 1.29 is 13.9 Å². The number of ether oxygens (including phenoxy) is 1. The zero-order valence-electron chi connectivity index (χ0n) is 13.7. The molecule has 3 aromatic rings. The summed E-state index contributed by atoms with van der Waals surface area (Å²) in [6, 6.07) is 10.6. The van der Waals surface area contributed by atoms with E-state index in [9.17, 15) is 9.59 Å². The van der Waals surface area contributed by atoms with Gasteiger partial charge in [-0.05, 0) is 18.4 Å². The first-order chi connectivity index (χ1) is 12.7. The Morgan fingerprint density at radius 3 is 2.81 bits per heavy atom. The lowest BCUT2D eigenvalue weighted by atomic mass is 10.2. The van der Waals surface area contributed by atoms with Crippen molar-refractivity contribution in [1.29, 1.82) is 0 Å². The molecule has 132 valence electrons. The molecule has 1 fully saturated rings. The van der Waals surface area contributed by atoms with E-state index in [4.69, 9.17) is 9.15 Å². The van der Waals surface area contributed by atoms with Crippen molar-refractivity contribution >= 4 is 22.4 Å². The summed E-state index contributed by atoms with van der Waals surface area (Å²) in [6.07, 6.45) is 3.37. The van der Waals surface area contributed by atoms with Crippen LogP contribution in [-0.2, 0) is 6.61 Å². The maximum atomic E-state index is 12.2. The van der Waals surface area contributed by atoms with E-state index in [0.29, 0.717) is 11.0 Å². The molecular weight excluding hydrogens is 354 g/mol. The van der Waals surface area contributed by atoms with Crippen molar-refractivity contribution in [2.24, 2.45) is 0 Å². The standard InChI is InChI=1S/C18H15N3O4S/c22-13-8-14(16(23)19-18-21-20-17(26-18)12-6-7-12)25-10-15(13)24-9-11-4-2-1-3-5-11/h1-5,8,10,12H,6-7,9H2,(H,19,21,23). The van der Waals surface area contributed by atoms with Crippen LogP contribution in [-0.4, -0.2) is 16.1 Å². The highest BCUT2D eigenvalue weighted by atomic mass is 32.1. The quantitative estimate of drug-likeness (QED) is 0.717. The van der Waals surface area contributed by atoms with E-state index >= 15 is 0 Å². The molecule has 8 heteroatoms. The van der Waals surface area contributed by atoms with Gasteiger partial charge in [-0.25, -0.2) is 0 Å². The second kappa shape index (κ2) is 7.09. The van der Waals surface area contributed by atoms with Crippen LogP contribution in [0.2, 0.25) is 0 Å². The summed E-state index contributed by atoms with van der Waals surface area (Å²) in [5, 5.41) is 11.9. The number of hydrogen-bond acceptors (Lipinski definition) is 7. The number of rotatable bonds is 6. The molecule has 0 atom stereocenters. The predicted octanol–water partition coefficient (Wildman–Crippen LogP) is 3.20. The van der Waals surface area contributed by atoms with Crippen LogP contribution < -0.4 is 15.5 Å². The minimum Gasteiger partial charge on any atom is -0.482 e. The molecule has 0 bridgehead atoms. The summed E-state index contributed by atoms with van der Waals surface area (Å²) in [5.41, 5.74) is 0.504. The molecule has 1 aromatic carbocycles. The Hall–Kier alpha value is -3.00. The van der Waals surface area contributed by atoms with Gasteiger partial charge in [0.25, 0.3) is 5.91 Å². The fraction of sp³-hybridized carbons (Fsp3) is 0.222. The number of benzene rings is 1. The van der Waals surface area contributed by atoms with E-state index in [1.54, 1.807) is 0 Å². The summed E-state index contributed by atoms with van der Waals surface area (Å²) in [7, 11) is 0. The molecule has 1 aliphatic rings. The number of hydrogen-bond donors (Lipinski definition) is 1. The second-order valence-corrected chi connectivity index (χ2v) is 6.93. The van der Waals surface area contributed by atoms with Crippen LogP contribution in [0.5, 0.6) is 5.75 Å². The maximum Gasteiger partial charge on any atom is 0.293 e. The molecule has 1 saturated carbocycles. The highest BCUT2D eigenvalue weighted by Gasteiger charge is 2.28. The second-order valence-electron chi connectivity index (χ2n) is 5.92. The topological polar surface area (TPSA) is 94.3 Å². The van der Waals surface area contributed by atoms with E-state index in [0.717, 1.165) is 35.7 Å². The number of nitrogens with one attached hydrogen (secondary N) is 1. The number of nitrogens with zero attached hydrogens (tertiary/aromatic N) is 2. The Morgan fingerprint density at radius 2 is 2.08 bits per heavy atom. The lowest BCUT2D eigenvalue weighted by Crippen LogP contribution is -2.15. The molecule has 26 heavy (non-hydrogen) atoms. The summed E-state index contributed by atoms with van der Waals surface area (Å²) in [4.78, 5) is 24.3. The third-order valence-corrected chi connectivity index (χ3v) is 4.85. The Morgan fingerprint density at radius 1 is 1.27 bits per heavy atom. The van der Waals surface area contributed by atoms with Gasteiger partial charge in [-0.1, -0.05) is 41.7 Å². The molecule has 2 aromatic heterocycles. The molecule has 0 saturated heterocycles. The van der Waals surface area contributed by atoms with Crippen LogP contribution in [0.4, 0.5) is 5.13 Å². The smallest absolute Gasteiger partial charge is 0.293 e.